The van der Waals surface area contributed by atoms with Crippen LogP contribution in [-0.2, 0) is 11.3 Å². The van der Waals surface area contributed by atoms with Crippen molar-refractivity contribution in [2.45, 2.75) is 32.2 Å². The Bertz CT molecular complexity index is 385. The number of Topliss-reactive ketones (excluding diaryl/α,β-unsaturated/α-hetero) is 1. The Hall–Kier alpha value is -0.380. The van der Waals surface area contributed by atoms with E-state index >= 15 is 0 Å². The van der Waals surface area contributed by atoms with Gasteiger partial charge in [0.25, 0.3) is 0 Å². The number of carbonyl (C=O) groups excluding carboxylic acids is 1. The van der Waals surface area contributed by atoms with Crippen molar-refractivity contribution in [3.63, 3.8) is 0 Å². The normalized spacial score (nSPS) is 16.9. The monoisotopic (exact) mass is 271 g/mol. The summed E-state index contributed by atoms with van der Waals surface area (Å²) < 4.78 is 0.815. The number of rotatable bonds is 5. The van der Waals surface area contributed by atoms with Crippen molar-refractivity contribution in [1.82, 2.24) is 4.90 Å². The number of thiophene rings is 1. The van der Waals surface area contributed by atoms with E-state index in [2.05, 4.69) is 4.90 Å². The van der Waals surface area contributed by atoms with Gasteiger partial charge >= 0.3 is 0 Å². The van der Waals surface area contributed by atoms with Crippen molar-refractivity contribution in [3.05, 3.63) is 21.3 Å². The lowest BCUT2D eigenvalue weighted by molar-refractivity contribution is -0.123. The van der Waals surface area contributed by atoms with Crippen LogP contribution in [0.15, 0.2) is 12.1 Å². The summed E-state index contributed by atoms with van der Waals surface area (Å²) in [5.41, 5.74) is 0. The van der Waals surface area contributed by atoms with Gasteiger partial charge in [-0.1, -0.05) is 24.4 Å². The quantitative estimate of drug-likeness (QED) is 0.816. The largest absolute Gasteiger partial charge is 0.298 e. The molecule has 0 saturated heterocycles. The molecule has 0 N–H and O–H groups in total. The van der Waals surface area contributed by atoms with E-state index in [1.165, 1.54) is 17.7 Å². The molecule has 0 radical (unpaired) electrons. The summed E-state index contributed by atoms with van der Waals surface area (Å²) in [4.78, 5) is 15.3. The van der Waals surface area contributed by atoms with Gasteiger partial charge in [0.05, 0.1) is 10.9 Å². The second kappa shape index (κ2) is 5.98. The summed E-state index contributed by atoms with van der Waals surface area (Å²) in [5, 5.41) is 0. The predicted octanol–water partition coefficient (Wildman–Crippen LogP) is 3.59. The zero-order valence-corrected chi connectivity index (χ0v) is 11.7. The molecular weight excluding hydrogens is 254 g/mol. The van der Waals surface area contributed by atoms with Gasteiger partial charge in [0.2, 0.25) is 0 Å². The van der Waals surface area contributed by atoms with Crippen LogP contribution < -0.4 is 0 Å². The van der Waals surface area contributed by atoms with Crippen LogP contribution >= 0.6 is 22.9 Å². The third-order valence-corrected chi connectivity index (χ3v) is 4.51. The van der Waals surface area contributed by atoms with E-state index in [0.29, 0.717) is 18.2 Å². The van der Waals surface area contributed by atoms with Gasteiger partial charge in [-0.2, -0.15) is 0 Å². The van der Waals surface area contributed by atoms with Crippen LogP contribution in [0.3, 0.4) is 0 Å². The molecule has 1 heterocycles. The lowest BCUT2D eigenvalue weighted by Crippen LogP contribution is -2.28. The fourth-order valence-electron chi connectivity index (χ4n) is 2.40. The Morgan fingerprint density at radius 1 is 1.47 bits per heavy atom. The fraction of sp³-hybridized carbons (Fsp3) is 0.615. The minimum absolute atomic E-state index is 0.323. The molecule has 2 rings (SSSR count). The van der Waals surface area contributed by atoms with Gasteiger partial charge in [-0.05, 0) is 32.0 Å². The smallest absolute Gasteiger partial charge is 0.149 e. The third kappa shape index (κ3) is 3.80. The maximum atomic E-state index is 12.0. The second-order valence-corrected chi connectivity index (χ2v) is 6.63. The van der Waals surface area contributed by atoms with Crippen molar-refractivity contribution in [2.75, 3.05) is 13.6 Å². The molecule has 1 fully saturated rings. The molecule has 2 nitrogen and oxygen atoms in total. The average molecular weight is 272 g/mol. The van der Waals surface area contributed by atoms with Crippen molar-refractivity contribution in [3.8, 4) is 0 Å². The number of hydrogen-bond donors (Lipinski definition) is 0. The average Bonchev–Trinajstić information content (AvgIpc) is 2.89. The van der Waals surface area contributed by atoms with Gasteiger partial charge in [-0.25, -0.2) is 0 Å². The Morgan fingerprint density at radius 3 is 2.76 bits per heavy atom. The lowest BCUT2D eigenvalue weighted by atomic mass is 10.0. The Kier molecular flexibility index (Phi) is 4.60. The van der Waals surface area contributed by atoms with Crippen LogP contribution in [-0.4, -0.2) is 24.3 Å². The molecule has 1 saturated carbocycles. The zero-order valence-electron chi connectivity index (χ0n) is 10.1. The summed E-state index contributed by atoms with van der Waals surface area (Å²) >= 11 is 7.47. The molecular formula is C13H18ClNOS. The number of likely N-dealkylation sites (N-methyl/N-ethyl adjacent to an activating group) is 1. The highest BCUT2D eigenvalue weighted by atomic mass is 35.5. The molecule has 0 bridgehead atoms. The van der Waals surface area contributed by atoms with E-state index in [1.54, 1.807) is 11.3 Å². The number of nitrogens with zero attached hydrogens (tertiary/aromatic N) is 1. The summed E-state index contributed by atoms with van der Waals surface area (Å²) in [6, 6.07) is 3.94. The van der Waals surface area contributed by atoms with Crippen LogP contribution in [0, 0.1) is 5.92 Å². The first-order valence-corrected chi connectivity index (χ1v) is 7.30. The molecule has 0 amide bonds. The molecule has 0 aliphatic heterocycles. The predicted molar refractivity (Wildman–Crippen MR) is 72.6 cm³/mol. The van der Waals surface area contributed by atoms with Gasteiger partial charge in [0.1, 0.15) is 5.78 Å². The minimum atomic E-state index is 0.323. The molecule has 0 aromatic carbocycles. The fourth-order valence-corrected chi connectivity index (χ4v) is 3.57. The molecule has 0 unspecified atom stereocenters. The summed E-state index contributed by atoms with van der Waals surface area (Å²) in [5.74, 6) is 0.733. The number of hydrogen-bond acceptors (Lipinski definition) is 3. The molecule has 1 aliphatic carbocycles. The van der Waals surface area contributed by atoms with Crippen LogP contribution in [0.5, 0.6) is 0 Å². The van der Waals surface area contributed by atoms with Crippen LogP contribution in [0.4, 0.5) is 0 Å². The number of carbonyl (C=O) groups is 1. The highest BCUT2D eigenvalue weighted by Gasteiger charge is 2.23. The first-order chi connectivity index (χ1) is 8.15. The molecule has 1 aromatic rings. The summed E-state index contributed by atoms with van der Waals surface area (Å²) in [6.45, 7) is 1.38. The van der Waals surface area contributed by atoms with Gasteiger partial charge in [-0.3, -0.25) is 9.69 Å². The SMILES string of the molecule is CN(CC(=O)C1CCCC1)Cc1ccc(Cl)s1. The Labute approximate surface area is 112 Å². The maximum Gasteiger partial charge on any atom is 0.149 e. The molecule has 0 atom stereocenters. The maximum absolute atomic E-state index is 12.0. The minimum Gasteiger partial charge on any atom is -0.298 e. The van der Waals surface area contributed by atoms with E-state index in [0.717, 1.165) is 23.7 Å². The van der Waals surface area contributed by atoms with Gasteiger partial charge in [0.15, 0.2) is 0 Å². The first-order valence-electron chi connectivity index (χ1n) is 6.10. The Balaban J connectivity index is 1.80. The number of halogens is 1. The van der Waals surface area contributed by atoms with Crippen molar-refractivity contribution >= 4 is 28.7 Å². The van der Waals surface area contributed by atoms with Crippen molar-refractivity contribution in [1.29, 1.82) is 0 Å². The molecule has 4 heteroatoms. The molecule has 1 aliphatic rings. The van der Waals surface area contributed by atoms with Crippen LogP contribution in [0.25, 0.3) is 0 Å². The molecule has 0 spiro atoms. The molecule has 17 heavy (non-hydrogen) atoms. The van der Waals surface area contributed by atoms with E-state index in [-0.39, 0.29) is 0 Å². The summed E-state index contributed by atoms with van der Waals surface area (Å²) in [6.07, 6.45) is 4.64. The molecule has 1 aromatic heterocycles. The first kappa shape index (κ1) is 13.1. The van der Waals surface area contributed by atoms with E-state index in [4.69, 9.17) is 11.6 Å². The van der Waals surface area contributed by atoms with E-state index in [9.17, 15) is 4.79 Å². The summed E-state index contributed by atoms with van der Waals surface area (Å²) in [7, 11) is 2.00. The Morgan fingerprint density at radius 2 is 2.18 bits per heavy atom. The van der Waals surface area contributed by atoms with Crippen molar-refractivity contribution in [2.24, 2.45) is 5.92 Å². The lowest BCUT2D eigenvalue weighted by Gasteiger charge is -2.17. The molecule has 94 valence electrons. The highest BCUT2D eigenvalue weighted by Crippen LogP contribution is 2.26. The zero-order chi connectivity index (χ0) is 12.3. The van der Waals surface area contributed by atoms with Crippen LogP contribution in [0.1, 0.15) is 30.6 Å². The standard InChI is InChI=1S/C13H18ClNOS/c1-15(8-11-6-7-13(14)17-11)9-12(16)10-4-2-3-5-10/h6-7,10H,2-5,8-9H2,1H3. The van der Waals surface area contributed by atoms with Gasteiger partial charge in [0, 0.05) is 17.3 Å². The van der Waals surface area contributed by atoms with E-state index in [1.807, 2.05) is 19.2 Å². The van der Waals surface area contributed by atoms with Gasteiger partial charge in [-0.15, -0.1) is 11.3 Å². The van der Waals surface area contributed by atoms with Crippen LogP contribution in [0.2, 0.25) is 4.34 Å². The third-order valence-electron chi connectivity index (χ3n) is 3.29. The number of ketones is 1. The topological polar surface area (TPSA) is 20.3 Å². The van der Waals surface area contributed by atoms with Gasteiger partial charge < -0.3 is 0 Å². The van der Waals surface area contributed by atoms with E-state index < -0.39 is 0 Å². The highest BCUT2D eigenvalue weighted by molar-refractivity contribution is 7.16. The van der Waals surface area contributed by atoms with Crippen molar-refractivity contribution < 1.29 is 4.79 Å². The second-order valence-electron chi connectivity index (χ2n) is 4.83.